The molecule has 1 aliphatic heterocycles. The zero-order valence-corrected chi connectivity index (χ0v) is 12.3. The summed E-state index contributed by atoms with van der Waals surface area (Å²) in [6.07, 6.45) is 3.48. The van der Waals surface area contributed by atoms with Crippen LogP contribution in [0.15, 0.2) is 35.7 Å². The third kappa shape index (κ3) is 4.58. The molecule has 2 rings (SSSR count). The molecular formula is C15H21N3OS. The van der Waals surface area contributed by atoms with Crippen LogP contribution in [0.2, 0.25) is 0 Å². The van der Waals surface area contributed by atoms with Gasteiger partial charge in [0.25, 0.3) is 0 Å². The van der Waals surface area contributed by atoms with Crippen molar-refractivity contribution in [1.29, 1.82) is 0 Å². The molecule has 1 amide bonds. The van der Waals surface area contributed by atoms with Crippen LogP contribution in [0.1, 0.15) is 31.2 Å². The van der Waals surface area contributed by atoms with Gasteiger partial charge < -0.3 is 16.4 Å². The SMILES string of the molecule is NCCCCCC(=O)NC1NC(c2ccccc2)=CS1. The van der Waals surface area contributed by atoms with Gasteiger partial charge in [0, 0.05) is 6.42 Å². The lowest BCUT2D eigenvalue weighted by atomic mass is 10.2. The Morgan fingerprint density at radius 1 is 1.25 bits per heavy atom. The largest absolute Gasteiger partial charge is 0.356 e. The Kier molecular flexibility index (Phi) is 5.95. The highest BCUT2D eigenvalue weighted by atomic mass is 32.2. The first-order valence-corrected chi connectivity index (χ1v) is 7.91. The number of carbonyl (C=O) groups is 1. The van der Waals surface area contributed by atoms with E-state index in [1.165, 1.54) is 0 Å². The van der Waals surface area contributed by atoms with E-state index in [9.17, 15) is 4.79 Å². The second-order valence-corrected chi connectivity index (χ2v) is 5.70. The Hall–Kier alpha value is -1.46. The van der Waals surface area contributed by atoms with Gasteiger partial charge in [-0.15, -0.1) is 0 Å². The minimum absolute atomic E-state index is 0.0628. The number of nitrogens with one attached hydrogen (secondary N) is 2. The lowest BCUT2D eigenvalue weighted by Gasteiger charge is -2.14. The van der Waals surface area contributed by atoms with Crippen molar-refractivity contribution < 1.29 is 4.79 Å². The molecule has 1 atom stereocenters. The third-order valence-electron chi connectivity index (χ3n) is 3.09. The van der Waals surface area contributed by atoms with E-state index in [4.69, 9.17) is 5.73 Å². The maximum Gasteiger partial charge on any atom is 0.222 e. The molecule has 0 aromatic heterocycles. The predicted octanol–water partition coefficient (Wildman–Crippen LogP) is 2.24. The molecule has 0 saturated carbocycles. The van der Waals surface area contributed by atoms with Crippen molar-refractivity contribution in [2.24, 2.45) is 5.73 Å². The van der Waals surface area contributed by atoms with Crippen molar-refractivity contribution in [2.75, 3.05) is 6.54 Å². The van der Waals surface area contributed by atoms with Gasteiger partial charge in [0.2, 0.25) is 5.91 Å². The molecule has 1 aromatic rings. The molecule has 1 aliphatic rings. The normalized spacial score (nSPS) is 17.4. The number of rotatable bonds is 7. The molecule has 0 fully saturated rings. The number of amides is 1. The van der Waals surface area contributed by atoms with Gasteiger partial charge in [0.15, 0.2) is 5.50 Å². The molecule has 0 bridgehead atoms. The van der Waals surface area contributed by atoms with Gasteiger partial charge in [-0.2, -0.15) is 0 Å². The molecular weight excluding hydrogens is 270 g/mol. The van der Waals surface area contributed by atoms with Crippen LogP contribution in [0, 0.1) is 0 Å². The molecule has 0 saturated heterocycles. The summed E-state index contributed by atoms with van der Waals surface area (Å²) < 4.78 is 0. The highest BCUT2D eigenvalue weighted by molar-refractivity contribution is 8.03. The summed E-state index contributed by atoms with van der Waals surface area (Å²) in [4.78, 5) is 11.8. The van der Waals surface area contributed by atoms with E-state index >= 15 is 0 Å². The molecule has 1 unspecified atom stereocenters. The van der Waals surface area contributed by atoms with E-state index in [-0.39, 0.29) is 11.4 Å². The van der Waals surface area contributed by atoms with Gasteiger partial charge in [-0.25, -0.2) is 0 Å². The highest BCUT2D eigenvalue weighted by Crippen LogP contribution is 2.25. The van der Waals surface area contributed by atoms with Crippen LogP contribution in [0.5, 0.6) is 0 Å². The summed E-state index contributed by atoms with van der Waals surface area (Å²) in [7, 11) is 0. The van der Waals surface area contributed by atoms with Crippen LogP contribution in [-0.2, 0) is 4.79 Å². The van der Waals surface area contributed by atoms with Crippen LogP contribution in [0.3, 0.4) is 0 Å². The molecule has 5 heteroatoms. The molecule has 108 valence electrons. The fourth-order valence-corrected chi connectivity index (χ4v) is 2.88. The number of nitrogens with two attached hydrogens (primary N) is 1. The summed E-state index contributed by atoms with van der Waals surface area (Å²) in [6.45, 7) is 0.700. The number of benzene rings is 1. The summed E-state index contributed by atoms with van der Waals surface area (Å²) >= 11 is 1.59. The van der Waals surface area contributed by atoms with Gasteiger partial charge in [-0.1, -0.05) is 48.5 Å². The summed E-state index contributed by atoms with van der Waals surface area (Å²) in [6, 6.07) is 10.1. The molecule has 1 heterocycles. The van der Waals surface area contributed by atoms with E-state index in [2.05, 4.69) is 28.2 Å². The predicted molar refractivity (Wildman–Crippen MR) is 84.6 cm³/mol. The molecule has 4 nitrogen and oxygen atoms in total. The van der Waals surface area contributed by atoms with E-state index in [0.717, 1.165) is 30.5 Å². The zero-order valence-electron chi connectivity index (χ0n) is 11.5. The minimum atomic E-state index is -0.0628. The number of unbranched alkanes of at least 4 members (excludes halogenated alkanes) is 2. The van der Waals surface area contributed by atoms with E-state index in [1.54, 1.807) is 11.8 Å². The number of carbonyl (C=O) groups excluding carboxylic acids is 1. The van der Waals surface area contributed by atoms with Crippen molar-refractivity contribution in [1.82, 2.24) is 10.6 Å². The molecule has 0 spiro atoms. The quantitative estimate of drug-likeness (QED) is 0.674. The summed E-state index contributed by atoms with van der Waals surface area (Å²) in [5.41, 5.74) is 7.56. The van der Waals surface area contributed by atoms with Crippen LogP contribution < -0.4 is 16.4 Å². The lowest BCUT2D eigenvalue weighted by molar-refractivity contribution is -0.121. The van der Waals surface area contributed by atoms with Gasteiger partial charge in [0.1, 0.15) is 0 Å². The standard InChI is InChI=1S/C15H21N3OS/c16-10-6-2-5-9-14(19)18-15-17-13(11-20-15)12-7-3-1-4-8-12/h1,3-4,7-8,11,15,17H,2,5-6,9-10,16H2,(H,18,19). The summed E-state index contributed by atoms with van der Waals surface area (Å²) in [5.74, 6) is 0.0923. The topological polar surface area (TPSA) is 67.2 Å². The van der Waals surface area contributed by atoms with Crippen molar-refractivity contribution in [3.8, 4) is 0 Å². The maximum atomic E-state index is 11.8. The highest BCUT2D eigenvalue weighted by Gasteiger charge is 2.18. The van der Waals surface area contributed by atoms with E-state index < -0.39 is 0 Å². The number of thioether (sulfide) groups is 1. The Morgan fingerprint density at radius 3 is 2.80 bits per heavy atom. The number of hydrogen-bond acceptors (Lipinski definition) is 4. The first-order chi connectivity index (χ1) is 9.79. The van der Waals surface area contributed by atoms with E-state index in [0.29, 0.717) is 13.0 Å². The van der Waals surface area contributed by atoms with Crippen molar-refractivity contribution in [3.63, 3.8) is 0 Å². The fraction of sp³-hybridized carbons (Fsp3) is 0.400. The average Bonchev–Trinajstić information content (AvgIpc) is 2.93. The molecule has 1 aromatic carbocycles. The second-order valence-electron chi connectivity index (χ2n) is 4.72. The van der Waals surface area contributed by atoms with Gasteiger partial charge in [0.05, 0.1) is 5.70 Å². The van der Waals surface area contributed by atoms with Gasteiger partial charge in [-0.05, 0) is 30.4 Å². The van der Waals surface area contributed by atoms with Gasteiger partial charge >= 0.3 is 0 Å². The third-order valence-corrected chi connectivity index (χ3v) is 3.97. The Bertz CT molecular complexity index is 461. The summed E-state index contributed by atoms with van der Waals surface area (Å²) in [5, 5.41) is 8.35. The van der Waals surface area contributed by atoms with Crippen molar-refractivity contribution in [3.05, 3.63) is 41.3 Å². The van der Waals surface area contributed by atoms with Gasteiger partial charge in [-0.3, -0.25) is 4.79 Å². The lowest BCUT2D eigenvalue weighted by Crippen LogP contribution is -2.39. The van der Waals surface area contributed by atoms with Crippen LogP contribution in [0.25, 0.3) is 5.70 Å². The van der Waals surface area contributed by atoms with Crippen LogP contribution >= 0.6 is 11.8 Å². The maximum absolute atomic E-state index is 11.8. The smallest absolute Gasteiger partial charge is 0.222 e. The van der Waals surface area contributed by atoms with Crippen molar-refractivity contribution in [2.45, 2.75) is 31.2 Å². The Balaban J connectivity index is 1.71. The average molecular weight is 291 g/mol. The molecule has 0 aliphatic carbocycles. The van der Waals surface area contributed by atoms with Crippen LogP contribution in [-0.4, -0.2) is 17.9 Å². The molecule has 0 radical (unpaired) electrons. The molecule has 4 N–H and O–H groups in total. The zero-order chi connectivity index (χ0) is 14.2. The molecule has 20 heavy (non-hydrogen) atoms. The minimum Gasteiger partial charge on any atom is -0.356 e. The first-order valence-electron chi connectivity index (χ1n) is 6.96. The monoisotopic (exact) mass is 291 g/mol. The number of hydrogen-bond donors (Lipinski definition) is 3. The second kappa shape index (κ2) is 7.97. The van der Waals surface area contributed by atoms with Crippen molar-refractivity contribution >= 4 is 23.4 Å². The van der Waals surface area contributed by atoms with E-state index in [1.807, 2.05) is 18.2 Å². The fourth-order valence-electron chi connectivity index (χ4n) is 2.01. The Labute approximate surface area is 124 Å². The Morgan fingerprint density at radius 2 is 2.05 bits per heavy atom. The first kappa shape index (κ1) is 14.9. The van der Waals surface area contributed by atoms with Crippen LogP contribution in [0.4, 0.5) is 0 Å².